The van der Waals surface area contributed by atoms with E-state index in [1.807, 2.05) is 85.8 Å². The monoisotopic (exact) mass is 573 g/mol. The lowest BCUT2D eigenvalue weighted by atomic mass is 10.0. The normalized spacial score (nSPS) is 11.6. The zero-order valence-electron chi connectivity index (χ0n) is 23.6. The van der Waals surface area contributed by atoms with E-state index in [-0.39, 0.29) is 42.0 Å². The number of primary amides is 1. The number of ether oxygens (including phenoxy) is 1. The first-order valence-electron chi connectivity index (χ1n) is 14.0. The average molecular weight is 574 g/mol. The molecular formula is C35H31N3O5. The van der Waals surface area contributed by atoms with Gasteiger partial charge in [-0.05, 0) is 42.3 Å². The summed E-state index contributed by atoms with van der Waals surface area (Å²) in [7, 11) is 0. The molecule has 0 fully saturated rings. The van der Waals surface area contributed by atoms with E-state index in [4.69, 9.17) is 15.5 Å². The fraction of sp³-hybridized carbons (Fsp3) is 0.143. The van der Waals surface area contributed by atoms with Crippen molar-refractivity contribution >= 4 is 28.7 Å². The first kappa shape index (κ1) is 29.0. The zero-order valence-corrected chi connectivity index (χ0v) is 23.6. The first-order valence-corrected chi connectivity index (χ1v) is 14.0. The Balaban J connectivity index is 1.53. The van der Waals surface area contributed by atoms with Crippen molar-refractivity contribution in [3.63, 3.8) is 0 Å². The number of rotatable bonds is 11. The van der Waals surface area contributed by atoms with E-state index < -0.39 is 11.9 Å². The Bertz CT molecular complexity index is 1760. The molecule has 0 aliphatic heterocycles. The first-order chi connectivity index (χ1) is 20.9. The number of hydrogen-bond acceptors (Lipinski definition) is 5. The number of carbonyl (C=O) groups excluding carboxylic acids is 2. The molecule has 43 heavy (non-hydrogen) atoms. The van der Waals surface area contributed by atoms with E-state index in [0.29, 0.717) is 28.6 Å². The van der Waals surface area contributed by atoms with E-state index in [9.17, 15) is 19.5 Å². The average Bonchev–Trinajstić information content (AvgIpc) is 3.04. The molecule has 0 spiro atoms. The highest BCUT2D eigenvalue weighted by atomic mass is 16.5. The van der Waals surface area contributed by atoms with Crippen LogP contribution in [0.3, 0.4) is 0 Å². The van der Waals surface area contributed by atoms with E-state index >= 15 is 0 Å². The molecule has 3 N–H and O–H groups in total. The summed E-state index contributed by atoms with van der Waals surface area (Å²) >= 11 is 0. The number of carbonyl (C=O) groups is 3. The predicted octanol–water partition coefficient (Wildman–Crippen LogP) is 6.37. The Labute approximate surface area is 249 Å². The van der Waals surface area contributed by atoms with E-state index in [1.54, 1.807) is 11.0 Å². The number of benzene rings is 4. The lowest BCUT2D eigenvalue weighted by Gasteiger charge is -2.32. The molecule has 216 valence electrons. The zero-order chi connectivity index (χ0) is 30.3. The van der Waals surface area contributed by atoms with Crippen molar-refractivity contribution in [3.8, 4) is 17.0 Å². The van der Waals surface area contributed by atoms with Crippen LogP contribution in [-0.4, -0.2) is 45.9 Å². The molecule has 8 heteroatoms. The molecule has 5 aromatic rings. The number of carboxylic acids is 1. The third-order valence-electron chi connectivity index (χ3n) is 7.31. The molecule has 1 atom stereocenters. The SMILES string of the molecule is CC[C@@H](c1ccccc1)N(CCOc1c(-c2ccccc2)nc2ccccc2c1C(N)=O)C(=O)c1ccc(C(=O)O)cc1. The van der Waals surface area contributed by atoms with Crippen molar-refractivity contribution in [2.45, 2.75) is 19.4 Å². The molecule has 0 unspecified atom stereocenters. The van der Waals surface area contributed by atoms with Crippen LogP contribution in [0.5, 0.6) is 5.75 Å². The number of amides is 2. The Morgan fingerprint density at radius 1 is 0.837 bits per heavy atom. The molecule has 0 saturated carbocycles. The minimum Gasteiger partial charge on any atom is -0.489 e. The maximum atomic E-state index is 13.9. The van der Waals surface area contributed by atoms with E-state index in [0.717, 1.165) is 11.1 Å². The van der Waals surface area contributed by atoms with Gasteiger partial charge in [0.15, 0.2) is 5.75 Å². The molecule has 1 heterocycles. The van der Waals surface area contributed by atoms with Crippen molar-refractivity contribution in [1.82, 2.24) is 9.88 Å². The number of para-hydroxylation sites is 1. The third kappa shape index (κ3) is 6.23. The fourth-order valence-electron chi connectivity index (χ4n) is 5.25. The minimum atomic E-state index is -1.07. The van der Waals surface area contributed by atoms with Gasteiger partial charge in [-0.25, -0.2) is 9.78 Å². The second kappa shape index (κ2) is 13.0. The number of fused-ring (bicyclic) bond motifs is 1. The molecule has 0 bridgehead atoms. The highest BCUT2D eigenvalue weighted by molar-refractivity contribution is 6.09. The summed E-state index contributed by atoms with van der Waals surface area (Å²) < 4.78 is 6.35. The fourth-order valence-corrected chi connectivity index (χ4v) is 5.25. The second-order valence-corrected chi connectivity index (χ2v) is 9.98. The summed E-state index contributed by atoms with van der Waals surface area (Å²) in [6.45, 7) is 2.22. The van der Waals surface area contributed by atoms with Gasteiger partial charge in [-0.1, -0.05) is 85.8 Å². The molecule has 8 nitrogen and oxygen atoms in total. The van der Waals surface area contributed by atoms with Crippen LogP contribution >= 0.6 is 0 Å². The Hall–Kier alpha value is -5.50. The lowest BCUT2D eigenvalue weighted by Crippen LogP contribution is -2.38. The number of nitrogens with two attached hydrogens (primary N) is 1. The van der Waals surface area contributed by atoms with Crippen molar-refractivity contribution in [2.75, 3.05) is 13.2 Å². The Morgan fingerprint density at radius 3 is 2.07 bits per heavy atom. The highest BCUT2D eigenvalue weighted by Gasteiger charge is 2.27. The topological polar surface area (TPSA) is 123 Å². The van der Waals surface area contributed by atoms with Gasteiger partial charge >= 0.3 is 5.97 Å². The van der Waals surface area contributed by atoms with Gasteiger partial charge < -0.3 is 20.5 Å². The van der Waals surface area contributed by atoms with Gasteiger partial charge in [0, 0.05) is 16.5 Å². The standard InChI is InChI=1S/C35H31N3O5/c1-2-29(23-11-5-3-6-12-23)38(34(40)25-17-19-26(20-18-25)35(41)42)21-22-43-32-30(33(36)39)27-15-9-10-16-28(27)37-31(32)24-13-7-4-8-14-24/h3-20,29H,2,21-22H2,1H3,(H2,36,39)(H,41,42)/t29-/m0/s1. The summed E-state index contributed by atoms with van der Waals surface area (Å²) in [4.78, 5) is 44.7. The Morgan fingerprint density at radius 2 is 1.44 bits per heavy atom. The summed E-state index contributed by atoms with van der Waals surface area (Å²) in [6, 6.07) is 31.9. The number of hydrogen-bond donors (Lipinski definition) is 2. The maximum Gasteiger partial charge on any atom is 0.335 e. The Kier molecular flexibility index (Phi) is 8.77. The van der Waals surface area contributed by atoms with Crippen molar-refractivity contribution in [1.29, 1.82) is 0 Å². The van der Waals surface area contributed by atoms with Gasteiger partial charge in [0.05, 0.1) is 29.2 Å². The smallest absolute Gasteiger partial charge is 0.335 e. The van der Waals surface area contributed by atoms with Crippen LogP contribution in [-0.2, 0) is 0 Å². The molecule has 5 rings (SSSR count). The molecule has 2 amide bonds. The number of carboxylic acid groups (broad SMARTS) is 1. The van der Waals surface area contributed by atoms with Crippen molar-refractivity contribution in [2.24, 2.45) is 5.73 Å². The van der Waals surface area contributed by atoms with Crippen LogP contribution in [0.25, 0.3) is 22.2 Å². The number of nitrogens with zero attached hydrogens (tertiary/aromatic N) is 2. The predicted molar refractivity (Wildman–Crippen MR) is 165 cm³/mol. The number of aromatic nitrogens is 1. The van der Waals surface area contributed by atoms with Crippen LogP contribution in [0.15, 0.2) is 109 Å². The molecule has 4 aromatic carbocycles. The van der Waals surface area contributed by atoms with Crippen LogP contribution in [0, 0.1) is 0 Å². The van der Waals surface area contributed by atoms with E-state index in [2.05, 4.69) is 0 Å². The quantitative estimate of drug-likeness (QED) is 0.189. The summed E-state index contributed by atoms with van der Waals surface area (Å²) in [5.74, 6) is -1.73. The van der Waals surface area contributed by atoms with Crippen LogP contribution in [0.2, 0.25) is 0 Å². The molecule has 1 aromatic heterocycles. The largest absolute Gasteiger partial charge is 0.489 e. The minimum absolute atomic E-state index is 0.0441. The summed E-state index contributed by atoms with van der Waals surface area (Å²) in [5.41, 5.74) is 9.38. The molecule has 0 radical (unpaired) electrons. The number of aromatic carboxylic acids is 1. The van der Waals surface area contributed by atoms with Gasteiger partial charge in [-0.3, -0.25) is 9.59 Å². The van der Waals surface area contributed by atoms with Crippen molar-refractivity contribution in [3.05, 3.63) is 131 Å². The van der Waals surface area contributed by atoms with Gasteiger partial charge in [0.2, 0.25) is 0 Å². The second-order valence-electron chi connectivity index (χ2n) is 9.98. The van der Waals surface area contributed by atoms with Gasteiger partial charge in [-0.2, -0.15) is 0 Å². The third-order valence-corrected chi connectivity index (χ3v) is 7.31. The summed E-state index contributed by atoms with van der Waals surface area (Å²) in [6.07, 6.45) is 0.627. The number of pyridine rings is 1. The van der Waals surface area contributed by atoms with Crippen LogP contribution in [0.4, 0.5) is 0 Å². The maximum absolute atomic E-state index is 13.9. The van der Waals surface area contributed by atoms with Gasteiger partial charge in [0.1, 0.15) is 12.3 Å². The molecular weight excluding hydrogens is 542 g/mol. The highest BCUT2D eigenvalue weighted by Crippen LogP contribution is 2.36. The summed E-state index contributed by atoms with van der Waals surface area (Å²) in [5, 5.41) is 9.88. The lowest BCUT2D eigenvalue weighted by molar-refractivity contribution is 0.0632. The van der Waals surface area contributed by atoms with E-state index in [1.165, 1.54) is 24.3 Å². The van der Waals surface area contributed by atoms with Crippen molar-refractivity contribution < 1.29 is 24.2 Å². The van der Waals surface area contributed by atoms with Crippen LogP contribution < -0.4 is 10.5 Å². The van der Waals surface area contributed by atoms with Crippen LogP contribution in [0.1, 0.15) is 56.0 Å². The van der Waals surface area contributed by atoms with Gasteiger partial charge in [0.25, 0.3) is 11.8 Å². The molecule has 0 aliphatic rings. The molecule has 0 saturated heterocycles. The molecule has 0 aliphatic carbocycles. The van der Waals surface area contributed by atoms with Gasteiger partial charge in [-0.15, -0.1) is 0 Å².